The molecule has 0 spiro atoms. The van der Waals surface area contributed by atoms with Crippen molar-refractivity contribution in [3.63, 3.8) is 0 Å². The first-order valence-electron chi connectivity index (χ1n) is 19.7. The molecular weight excluding hydrogens is 604 g/mol. The van der Waals surface area contributed by atoms with Gasteiger partial charge in [-0.1, -0.05) is 153 Å². The van der Waals surface area contributed by atoms with Gasteiger partial charge in [0.2, 0.25) is 0 Å². The van der Waals surface area contributed by atoms with E-state index in [1.54, 1.807) is 0 Å². The molecule has 48 heavy (non-hydrogen) atoms. The zero-order valence-electron chi connectivity index (χ0n) is 31.0. The van der Waals surface area contributed by atoms with E-state index in [0.29, 0.717) is 19.3 Å². The van der Waals surface area contributed by atoms with E-state index in [1.165, 1.54) is 96.3 Å². The Labute approximate surface area is 294 Å². The fraction of sp³-hybridized carbons (Fsp3) is 0.805. The highest BCUT2D eigenvalue weighted by Crippen LogP contribution is 2.14. The van der Waals surface area contributed by atoms with E-state index in [4.69, 9.17) is 9.47 Å². The lowest BCUT2D eigenvalue weighted by Crippen LogP contribution is -2.28. The number of carbonyl (C=O) groups excluding carboxylic acids is 2. The number of unbranched alkanes of at least 4 members (excludes halogenated alkanes) is 17. The van der Waals surface area contributed by atoms with Gasteiger partial charge in [-0.05, 0) is 51.4 Å². The molecule has 0 rings (SSSR count). The number of hydrogen-bond donors (Lipinski definition) is 3. The molecule has 0 amide bonds. The Bertz CT molecular complexity index is 807. The summed E-state index contributed by atoms with van der Waals surface area (Å²) in [6.45, 7) is 3.86. The number of hydrogen-bond acceptors (Lipinski definition) is 7. The van der Waals surface area contributed by atoms with Gasteiger partial charge in [-0.15, -0.1) is 0 Å². The number of aliphatic hydroxyl groups is 3. The van der Waals surface area contributed by atoms with Gasteiger partial charge < -0.3 is 24.8 Å². The summed E-state index contributed by atoms with van der Waals surface area (Å²) in [4.78, 5) is 24.3. The molecule has 0 fully saturated rings. The van der Waals surface area contributed by atoms with Crippen LogP contribution < -0.4 is 0 Å². The topological polar surface area (TPSA) is 113 Å². The van der Waals surface area contributed by atoms with Crippen LogP contribution in [0.3, 0.4) is 0 Å². The molecule has 0 saturated carbocycles. The van der Waals surface area contributed by atoms with Crippen molar-refractivity contribution >= 4 is 11.9 Å². The second-order valence-electron chi connectivity index (χ2n) is 13.3. The molecule has 0 aliphatic carbocycles. The van der Waals surface area contributed by atoms with Gasteiger partial charge in [0.25, 0.3) is 0 Å². The van der Waals surface area contributed by atoms with Crippen LogP contribution in [0.1, 0.15) is 181 Å². The van der Waals surface area contributed by atoms with Crippen molar-refractivity contribution in [1.82, 2.24) is 0 Å². The van der Waals surface area contributed by atoms with Crippen LogP contribution in [-0.2, 0) is 19.1 Å². The second-order valence-corrected chi connectivity index (χ2v) is 13.3. The van der Waals surface area contributed by atoms with Crippen molar-refractivity contribution in [1.29, 1.82) is 0 Å². The first kappa shape index (κ1) is 46.0. The summed E-state index contributed by atoms with van der Waals surface area (Å²) in [6, 6.07) is 0. The first-order chi connectivity index (χ1) is 23.4. The van der Waals surface area contributed by atoms with Crippen molar-refractivity contribution < 1.29 is 34.4 Å². The predicted octanol–water partition coefficient (Wildman–Crippen LogP) is 10.0. The molecule has 0 aliphatic heterocycles. The molecule has 7 heteroatoms. The fourth-order valence-corrected chi connectivity index (χ4v) is 5.48. The van der Waals surface area contributed by atoms with E-state index in [0.717, 1.165) is 38.5 Å². The van der Waals surface area contributed by atoms with Gasteiger partial charge in [0.1, 0.15) is 6.61 Å². The quantitative estimate of drug-likeness (QED) is 0.0347. The van der Waals surface area contributed by atoms with Gasteiger partial charge in [-0.25, -0.2) is 0 Å². The van der Waals surface area contributed by atoms with Crippen LogP contribution in [0.5, 0.6) is 0 Å². The fourth-order valence-electron chi connectivity index (χ4n) is 5.48. The molecule has 0 aliphatic rings. The lowest BCUT2D eigenvalue weighted by molar-refractivity contribution is -0.161. The molecule has 0 aromatic carbocycles. The van der Waals surface area contributed by atoms with Crippen LogP contribution in [0.25, 0.3) is 0 Å². The molecule has 3 atom stereocenters. The van der Waals surface area contributed by atoms with Gasteiger partial charge in [0.05, 0.1) is 18.8 Å². The van der Waals surface area contributed by atoms with Gasteiger partial charge in [-0.2, -0.15) is 0 Å². The largest absolute Gasteiger partial charge is 0.462 e. The van der Waals surface area contributed by atoms with Gasteiger partial charge in [-0.3, -0.25) is 9.59 Å². The summed E-state index contributed by atoms with van der Waals surface area (Å²) in [5, 5.41) is 30.0. The van der Waals surface area contributed by atoms with Gasteiger partial charge >= 0.3 is 11.9 Å². The zero-order valence-corrected chi connectivity index (χ0v) is 31.0. The summed E-state index contributed by atoms with van der Waals surface area (Å²) >= 11 is 0. The number of allylic oxidation sites excluding steroid dienone is 5. The van der Waals surface area contributed by atoms with Crippen LogP contribution in [0.15, 0.2) is 36.5 Å². The number of aliphatic hydroxyl groups excluding tert-OH is 3. The average molecular weight is 679 g/mol. The number of ether oxygens (including phenoxy) is 2. The third-order valence-corrected chi connectivity index (χ3v) is 8.64. The van der Waals surface area contributed by atoms with Crippen LogP contribution >= 0.6 is 0 Å². The van der Waals surface area contributed by atoms with Crippen LogP contribution in [0.2, 0.25) is 0 Å². The smallest absolute Gasteiger partial charge is 0.306 e. The Hall–Kier alpha value is -1.96. The molecule has 3 N–H and O–H groups in total. The minimum absolute atomic E-state index is 0.0721. The standard InChI is InChI=1S/C41H74O7/c1-3-5-7-9-11-13-15-17-18-19-21-23-25-27-29-33-41(46)48-37(35-42)36-47-40(45)34-30-32-39(44)38(43)31-28-26-24-22-20-16-14-12-10-8-6-4-2/h12,14,20,22,26,28,37-39,42-44H,3-11,13,15-19,21,23-25,27,29-36H2,1-2H3/b14-12-,22-20-,28-26-/t37-,38?,39?/m0/s1. The maximum atomic E-state index is 12.2. The predicted molar refractivity (Wildman–Crippen MR) is 199 cm³/mol. The van der Waals surface area contributed by atoms with Gasteiger partial charge in [0, 0.05) is 12.8 Å². The lowest BCUT2D eigenvalue weighted by Gasteiger charge is -2.17. The molecule has 7 nitrogen and oxygen atoms in total. The summed E-state index contributed by atoms with van der Waals surface area (Å²) in [7, 11) is 0. The van der Waals surface area contributed by atoms with Crippen molar-refractivity contribution in [2.75, 3.05) is 13.2 Å². The van der Waals surface area contributed by atoms with E-state index in [1.807, 2.05) is 12.2 Å². The molecule has 0 heterocycles. The van der Waals surface area contributed by atoms with E-state index in [-0.39, 0.29) is 25.4 Å². The third-order valence-electron chi connectivity index (χ3n) is 8.64. The monoisotopic (exact) mass is 679 g/mol. The van der Waals surface area contributed by atoms with Crippen molar-refractivity contribution in [2.45, 2.75) is 199 Å². The normalized spacial score (nSPS) is 13.9. The minimum Gasteiger partial charge on any atom is -0.462 e. The summed E-state index contributed by atoms with van der Waals surface area (Å²) in [6.07, 6.45) is 36.6. The Kier molecular flexibility index (Phi) is 34.8. The minimum atomic E-state index is -0.929. The third kappa shape index (κ3) is 32.6. The van der Waals surface area contributed by atoms with Crippen LogP contribution in [0.4, 0.5) is 0 Å². The highest BCUT2D eigenvalue weighted by atomic mass is 16.6. The summed E-state index contributed by atoms with van der Waals surface area (Å²) in [5.74, 6) is -0.872. The van der Waals surface area contributed by atoms with E-state index >= 15 is 0 Å². The Morgan fingerprint density at radius 2 is 1.04 bits per heavy atom. The molecule has 0 bridgehead atoms. The molecule has 280 valence electrons. The molecule has 2 unspecified atom stereocenters. The van der Waals surface area contributed by atoms with Crippen LogP contribution in [0, 0.1) is 0 Å². The van der Waals surface area contributed by atoms with Crippen molar-refractivity contribution in [3.05, 3.63) is 36.5 Å². The molecule has 0 aromatic heterocycles. The van der Waals surface area contributed by atoms with E-state index in [2.05, 4.69) is 38.2 Å². The zero-order chi connectivity index (χ0) is 35.3. The lowest BCUT2D eigenvalue weighted by atomic mass is 10.0. The number of carbonyl (C=O) groups is 2. The van der Waals surface area contributed by atoms with Gasteiger partial charge in [0.15, 0.2) is 6.10 Å². The Morgan fingerprint density at radius 1 is 0.562 bits per heavy atom. The summed E-state index contributed by atoms with van der Waals surface area (Å²) in [5.41, 5.74) is 0. The highest BCUT2D eigenvalue weighted by Gasteiger charge is 2.18. The van der Waals surface area contributed by atoms with Crippen LogP contribution in [-0.4, -0.2) is 58.8 Å². The number of esters is 2. The van der Waals surface area contributed by atoms with Crippen molar-refractivity contribution in [2.24, 2.45) is 0 Å². The average Bonchev–Trinajstić information content (AvgIpc) is 3.08. The molecule has 0 radical (unpaired) electrons. The SMILES string of the molecule is CCCCC/C=C\C/C=C\C/C=C\CC(O)C(O)CCCC(=O)OC[C@H](CO)OC(=O)CCCCCCCCCCCCCCCCC. The Morgan fingerprint density at radius 3 is 1.60 bits per heavy atom. The molecular formula is C41H74O7. The maximum absolute atomic E-state index is 12.2. The first-order valence-corrected chi connectivity index (χ1v) is 19.7. The van der Waals surface area contributed by atoms with E-state index < -0.39 is 30.9 Å². The highest BCUT2D eigenvalue weighted by molar-refractivity contribution is 5.70. The summed E-state index contributed by atoms with van der Waals surface area (Å²) < 4.78 is 10.5. The van der Waals surface area contributed by atoms with Crippen molar-refractivity contribution in [3.8, 4) is 0 Å². The van der Waals surface area contributed by atoms with E-state index in [9.17, 15) is 24.9 Å². The Balaban J connectivity index is 3.80. The second kappa shape index (κ2) is 36.3. The molecule has 0 saturated heterocycles. The molecule has 0 aromatic rings. The maximum Gasteiger partial charge on any atom is 0.306 e. The number of rotatable bonds is 35.